The number of aliphatic carboxylic acids is 1. The highest BCUT2D eigenvalue weighted by Crippen LogP contribution is 2.31. The van der Waals surface area contributed by atoms with Crippen molar-refractivity contribution in [2.24, 2.45) is 0 Å². The molecule has 1 N–H and O–H groups in total. The summed E-state index contributed by atoms with van der Waals surface area (Å²) in [5.41, 5.74) is 4.29. The first kappa shape index (κ1) is 15.1. The van der Waals surface area contributed by atoms with Gasteiger partial charge in [-0.3, -0.25) is 9.36 Å². The van der Waals surface area contributed by atoms with Crippen LogP contribution in [0.1, 0.15) is 16.8 Å². The van der Waals surface area contributed by atoms with Crippen molar-refractivity contribution < 1.29 is 9.90 Å². The smallest absolute Gasteiger partial charge is 0.313 e. The first-order valence-corrected chi connectivity index (χ1v) is 7.84. The van der Waals surface area contributed by atoms with Crippen LogP contribution in [-0.2, 0) is 4.79 Å². The van der Waals surface area contributed by atoms with E-state index in [1.807, 2.05) is 31.4 Å². The van der Waals surface area contributed by atoms with E-state index in [0.29, 0.717) is 5.16 Å². The van der Waals surface area contributed by atoms with Crippen LogP contribution in [0.3, 0.4) is 0 Å². The molecule has 6 heteroatoms. The average Bonchev–Trinajstić information content (AvgIpc) is 2.67. The second kappa shape index (κ2) is 6.01. The Balaban J connectivity index is 2.52. The summed E-state index contributed by atoms with van der Waals surface area (Å²) < 4.78 is 2.97. The van der Waals surface area contributed by atoms with E-state index in [4.69, 9.17) is 5.11 Å². The lowest BCUT2D eigenvalue weighted by Crippen LogP contribution is -2.05. The van der Waals surface area contributed by atoms with Crippen LogP contribution in [0.4, 0.5) is 0 Å². The summed E-state index contributed by atoms with van der Waals surface area (Å²) >= 11 is 4.82. The van der Waals surface area contributed by atoms with Crippen LogP contribution in [0, 0.1) is 20.8 Å². The average molecular weight is 355 g/mol. The molecule has 20 heavy (non-hydrogen) atoms. The normalized spacial score (nSPS) is 10.8. The molecule has 4 nitrogen and oxygen atoms in total. The molecule has 0 aliphatic carbocycles. The molecule has 0 unspecified atom stereocenters. The molecular weight excluding hydrogens is 340 g/mol. The van der Waals surface area contributed by atoms with Crippen molar-refractivity contribution in [3.63, 3.8) is 0 Å². The summed E-state index contributed by atoms with van der Waals surface area (Å²) in [5.74, 6) is -0.846. The van der Waals surface area contributed by atoms with Crippen LogP contribution in [0.5, 0.6) is 0 Å². The van der Waals surface area contributed by atoms with Gasteiger partial charge in [0.2, 0.25) is 0 Å². The standard InChI is InChI=1S/C14H15BrN2O2S/c1-8-4-9(2)13(11(15)5-8)17-10(3)6-16-14(17)20-7-12(18)19/h4-6H,7H2,1-3H3,(H,18,19). The highest BCUT2D eigenvalue weighted by Gasteiger charge is 2.15. The van der Waals surface area contributed by atoms with Crippen molar-refractivity contribution in [1.29, 1.82) is 0 Å². The molecule has 0 atom stereocenters. The molecule has 1 aromatic carbocycles. The molecule has 0 amide bonds. The zero-order valence-electron chi connectivity index (χ0n) is 11.5. The van der Waals surface area contributed by atoms with E-state index in [1.54, 1.807) is 6.20 Å². The topological polar surface area (TPSA) is 55.1 Å². The van der Waals surface area contributed by atoms with Gasteiger partial charge in [0.15, 0.2) is 5.16 Å². The van der Waals surface area contributed by atoms with Gasteiger partial charge >= 0.3 is 5.97 Å². The molecule has 1 aromatic heterocycles. The Morgan fingerprint density at radius 3 is 2.70 bits per heavy atom. The number of hydrogen-bond donors (Lipinski definition) is 1. The third kappa shape index (κ3) is 3.07. The Morgan fingerprint density at radius 2 is 2.10 bits per heavy atom. The van der Waals surface area contributed by atoms with Crippen molar-refractivity contribution in [1.82, 2.24) is 9.55 Å². The van der Waals surface area contributed by atoms with Gasteiger partial charge in [0, 0.05) is 16.4 Å². The molecule has 106 valence electrons. The van der Waals surface area contributed by atoms with Gasteiger partial charge in [-0.25, -0.2) is 4.98 Å². The lowest BCUT2D eigenvalue weighted by molar-refractivity contribution is -0.133. The maximum absolute atomic E-state index is 10.7. The van der Waals surface area contributed by atoms with Gasteiger partial charge in [-0.05, 0) is 53.9 Å². The monoisotopic (exact) mass is 354 g/mol. The number of halogens is 1. The molecular formula is C14H15BrN2O2S. The number of hydrogen-bond acceptors (Lipinski definition) is 3. The van der Waals surface area contributed by atoms with Crippen molar-refractivity contribution >= 4 is 33.7 Å². The van der Waals surface area contributed by atoms with Gasteiger partial charge in [-0.1, -0.05) is 17.8 Å². The van der Waals surface area contributed by atoms with Gasteiger partial charge in [0.1, 0.15) is 0 Å². The predicted octanol–water partition coefficient (Wildman–Crippen LogP) is 3.74. The number of carboxylic acid groups (broad SMARTS) is 1. The van der Waals surface area contributed by atoms with Crippen LogP contribution in [0.25, 0.3) is 5.69 Å². The number of nitrogens with zero attached hydrogens (tertiary/aromatic N) is 2. The minimum atomic E-state index is -0.845. The van der Waals surface area contributed by atoms with Gasteiger partial charge in [0.25, 0.3) is 0 Å². The van der Waals surface area contributed by atoms with Crippen molar-refractivity contribution in [3.8, 4) is 5.69 Å². The Hall–Kier alpha value is -1.27. The molecule has 0 radical (unpaired) electrons. The van der Waals surface area contributed by atoms with Gasteiger partial charge in [-0.15, -0.1) is 0 Å². The SMILES string of the molecule is Cc1cc(C)c(-n2c(C)cnc2SCC(=O)O)c(Br)c1. The Morgan fingerprint density at radius 1 is 1.40 bits per heavy atom. The summed E-state index contributed by atoms with van der Waals surface area (Å²) in [6.07, 6.45) is 1.76. The molecule has 0 spiro atoms. The number of thioether (sulfide) groups is 1. The summed E-state index contributed by atoms with van der Waals surface area (Å²) in [6.45, 7) is 6.05. The number of aromatic nitrogens is 2. The molecule has 0 fully saturated rings. The summed E-state index contributed by atoms with van der Waals surface area (Å²) in [5, 5.41) is 9.51. The molecule has 0 aliphatic rings. The fourth-order valence-corrected chi connectivity index (χ4v) is 3.70. The fraction of sp³-hybridized carbons (Fsp3) is 0.286. The maximum atomic E-state index is 10.7. The third-order valence-electron chi connectivity index (χ3n) is 2.85. The van der Waals surface area contributed by atoms with Crippen LogP contribution < -0.4 is 0 Å². The van der Waals surface area contributed by atoms with E-state index < -0.39 is 5.97 Å². The fourth-order valence-electron chi connectivity index (χ4n) is 2.11. The van der Waals surface area contributed by atoms with E-state index in [9.17, 15) is 4.79 Å². The highest BCUT2D eigenvalue weighted by molar-refractivity contribution is 9.10. The Labute approximate surface area is 130 Å². The zero-order valence-corrected chi connectivity index (χ0v) is 13.9. The number of imidazole rings is 1. The lowest BCUT2D eigenvalue weighted by atomic mass is 10.1. The van der Waals surface area contributed by atoms with Crippen LogP contribution >= 0.6 is 27.7 Å². The summed E-state index contributed by atoms with van der Waals surface area (Å²) in [4.78, 5) is 15.0. The van der Waals surface area contributed by atoms with E-state index in [1.165, 1.54) is 17.3 Å². The number of benzene rings is 1. The van der Waals surface area contributed by atoms with E-state index in [2.05, 4.69) is 27.0 Å². The molecule has 1 heterocycles. The lowest BCUT2D eigenvalue weighted by Gasteiger charge is -2.15. The Bertz CT molecular complexity index is 644. The van der Waals surface area contributed by atoms with E-state index in [0.717, 1.165) is 21.4 Å². The second-order valence-electron chi connectivity index (χ2n) is 4.61. The van der Waals surface area contributed by atoms with Crippen molar-refractivity contribution in [2.75, 3.05) is 5.75 Å². The third-order valence-corrected chi connectivity index (χ3v) is 4.39. The summed E-state index contributed by atoms with van der Waals surface area (Å²) in [6, 6.07) is 4.15. The summed E-state index contributed by atoms with van der Waals surface area (Å²) in [7, 11) is 0. The quantitative estimate of drug-likeness (QED) is 0.849. The van der Waals surface area contributed by atoms with Crippen molar-refractivity contribution in [2.45, 2.75) is 25.9 Å². The zero-order chi connectivity index (χ0) is 14.9. The molecule has 0 bridgehead atoms. The van der Waals surface area contributed by atoms with E-state index in [-0.39, 0.29) is 5.75 Å². The van der Waals surface area contributed by atoms with Crippen LogP contribution in [-0.4, -0.2) is 26.4 Å². The number of rotatable bonds is 4. The molecule has 2 aromatic rings. The minimum Gasteiger partial charge on any atom is -0.481 e. The molecule has 0 aliphatic heterocycles. The second-order valence-corrected chi connectivity index (χ2v) is 6.41. The molecule has 0 saturated carbocycles. The largest absolute Gasteiger partial charge is 0.481 e. The van der Waals surface area contributed by atoms with Crippen LogP contribution in [0.15, 0.2) is 28.0 Å². The number of carbonyl (C=O) groups is 1. The Kier molecular flexibility index (Phi) is 4.55. The first-order valence-electron chi connectivity index (χ1n) is 6.06. The van der Waals surface area contributed by atoms with Gasteiger partial charge < -0.3 is 5.11 Å². The predicted molar refractivity (Wildman–Crippen MR) is 83.8 cm³/mol. The van der Waals surface area contributed by atoms with E-state index >= 15 is 0 Å². The van der Waals surface area contributed by atoms with Crippen LogP contribution in [0.2, 0.25) is 0 Å². The molecule has 0 saturated heterocycles. The van der Waals surface area contributed by atoms with Gasteiger partial charge in [0.05, 0.1) is 11.4 Å². The highest BCUT2D eigenvalue weighted by atomic mass is 79.9. The minimum absolute atomic E-state index is 0.00101. The molecule has 2 rings (SSSR count). The van der Waals surface area contributed by atoms with Gasteiger partial charge in [-0.2, -0.15) is 0 Å². The maximum Gasteiger partial charge on any atom is 0.313 e. The van der Waals surface area contributed by atoms with Crippen molar-refractivity contribution in [3.05, 3.63) is 39.6 Å². The first-order chi connectivity index (χ1) is 9.40. The number of carboxylic acids is 1. The number of aryl methyl sites for hydroxylation is 3.